The van der Waals surface area contributed by atoms with E-state index >= 15 is 0 Å². The number of aliphatic imine (C=N–C) groups is 1. The molecule has 0 radical (unpaired) electrons. The summed E-state index contributed by atoms with van der Waals surface area (Å²) in [5.74, 6) is 1.82. The molecule has 0 spiro atoms. The fourth-order valence-corrected chi connectivity index (χ4v) is 2.50. The Hall–Kier alpha value is -3.32. The molecule has 0 bridgehead atoms. The molecular weight excluding hydrogens is 324 g/mol. The van der Waals surface area contributed by atoms with Gasteiger partial charge < -0.3 is 9.15 Å². The van der Waals surface area contributed by atoms with Crippen LogP contribution in [-0.2, 0) is 6.61 Å². The lowest BCUT2D eigenvalue weighted by molar-refractivity contribution is 0.306. The van der Waals surface area contributed by atoms with Gasteiger partial charge in [-0.25, -0.2) is 4.99 Å². The molecule has 0 aliphatic rings. The number of furan rings is 1. The van der Waals surface area contributed by atoms with Crippen LogP contribution in [0.2, 0.25) is 0 Å². The fourth-order valence-electron chi connectivity index (χ4n) is 2.50. The van der Waals surface area contributed by atoms with Crippen molar-refractivity contribution in [1.29, 1.82) is 5.26 Å². The SMILES string of the molecule is Cc1ccc(COc2cccc(C=Nc3oc(C)c(C)c3C#N)c2)cc1. The zero-order valence-electron chi connectivity index (χ0n) is 15.1. The van der Waals surface area contributed by atoms with Gasteiger partial charge in [0.05, 0.1) is 0 Å². The van der Waals surface area contributed by atoms with Gasteiger partial charge in [0.15, 0.2) is 0 Å². The minimum absolute atomic E-state index is 0.341. The summed E-state index contributed by atoms with van der Waals surface area (Å²) in [5.41, 5.74) is 4.53. The third-order valence-electron chi connectivity index (χ3n) is 4.19. The number of nitriles is 1. The van der Waals surface area contributed by atoms with Crippen LogP contribution in [0.3, 0.4) is 0 Å². The molecule has 130 valence electrons. The van der Waals surface area contributed by atoms with Crippen LogP contribution in [-0.4, -0.2) is 6.21 Å². The van der Waals surface area contributed by atoms with Crippen molar-refractivity contribution >= 4 is 12.1 Å². The van der Waals surface area contributed by atoms with Gasteiger partial charge in [0.2, 0.25) is 5.88 Å². The molecule has 0 atom stereocenters. The molecule has 3 aromatic rings. The molecule has 0 fully saturated rings. The van der Waals surface area contributed by atoms with E-state index in [9.17, 15) is 5.26 Å². The van der Waals surface area contributed by atoms with Gasteiger partial charge in [-0.3, -0.25) is 0 Å². The van der Waals surface area contributed by atoms with E-state index in [0.717, 1.165) is 22.4 Å². The summed E-state index contributed by atoms with van der Waals surface area (Å²) in [4.78, 5) is 4.33. The van der Waals surface area contributed by atoms with E-state index in [-0.39, 0.29) is 0 Å². The molecule has 1 aromatic heterocycles. The highest BCUT2D eigenvalue weighted by molar-refractivity contribution is 5.82. The molecule has 4 heteroatoms. The van der Waals surface area contributed by atoms with Crippen LogP contribution >= 0.6 is 0 Å². The first-order valence-electron chi connectivity index (χ1n) is 8.39. The monoisotopic (exact) mass is 344 g/mol. The van der Waals surface area contributed by atoms with Gasteiger partial charge in [0.1, 0.15) is 29.7 Å². The van der Waals surface area contributed by atoms with E-state index in [2.05, 4.69) is 42.3 Å². The molecule has 0 saturated carbocycles. The lowest BCUT2D eigenvalue weighted by atomic mass is 10.2. The summed E-state index contributed by atoms with van der Waals surface area (Å²) < 4.78 is 11.4. The molecule has 0 aliphatic carbocycles. The molecule has 1 heterocycles. The van der Waals surface area contributed by atoms with Crippen molar-refractivity contribution in [3.05, 3.63) is 82.1 Å². The van der Waals surface area contributed by atoms with Crippen LogP contribution in [0.15, 0.2) is 57.9 Å². The highest BCUT2D eigenvalue weighted by Gasteiger charge is 2.12. The first kappa shape index (κ1) is 17.5. The molecule has 0 N–H and O–H groups in total. The molecule has 4 nitrogen and oxygen atoms in total. The number of aryl methyl sites for hydroxylation is 2. The van der Waals surface area contributed by atoms with Gasteiger partial charge in [-0.05, 0) is 44.0 Å². The van der Waals surface area contributed by atoms with Crippen LogP contribution in [0.25, 0.3) is 0 Å². The molecule has 0 aliphatic heterocycles. The number of hydrogen-bond acceptors (Lipinski definition) is 4. The van der Waals surface area contributed by atoms with Gasteiger partial charge >= 0.3 is 0 Å². The van der Waals surface area contributed by atoms with Crippen LogP contribution in [0.4, 0.5) is 5.88 Å². The second-order valence-corrected chi connectivity index (χ2v) is 6.18. The number of nitrogens with zero attached hydrogens (tertiary/aromatic N) is 2. The van der Waals surface area contributed by atoms with E-state index < -0.39 is 0 Å². The van der Waals surface area contributed by atoms with Crippen molar-refractivity contribution in [1.82, 2.24) is 0 Å². The molecule has 0 saturated heterocycles. The quantitative estimate of drug-likeness (QED) is 0.582. The van der Waals surface area contributed by atoms with Crippen molar-refractivity contribution in [3.63, 3.8) is 0 Å². The Bertz CT molecular complexity index is 976. The van der Waals surface area contributed by atoms with Crippen molar-refractivity contribution < 1.29 is 9.15 Å². The lowest BCUT2D eigenvalue weighted by Crippen LogP contribution is -1.96. The minimum Gasteiger partial charge on any atom is -0.489 e. The fraction of sp³-hybridized carbons (Fsp3) is 0.182. The van der Waals surface area contributed by atoms with Crippen molar-refractivity contribution in [2.75, 3.05) is 0 Å². The second kappa shape index (κ2) is 7.71. The third kappa shape index (κ3) is 4.01. The number of rotatable bonds is 5. The number of ether oxygens (including phenoxy) is 1. The standard InChI is InChI=1S/C22H20N2O2/c1-15-7-9-18(10-8-15)14-25-20-6-4-5-19(11-20)13-24-22-21(12-23)16(2)17(3)26-22/h4-11,13H,14H2,1-3H3. The molecule has 0 amide bonds. The van der Waals surface area contributed by atoms with Gasteiger partial charge in [-0.2, -0.15) is 5.26 Å². The van der Waals surface area contributed by atoms with Crippen molar-refractivity contribution in [3.8, 4) is 11.8 Å². The molecule has 0 unspecified atom stereocenters. The maximum absolute atomic E-state index is 9.25. The summed E-state index contributed by atoms with van der Waals surface area (Å²) >= 11 is 0. The van der Waals surface area contributed by atoms with Crippen LogP contribution < -0.4 is 4.74 Å². The first-order valence-corrected chi connectivity index (χ1v) is 8.39. The third-order valence-corrected chi connectivity index (χ3v) is 4.19. The summed E-state index contributed by atoms with van der Waals surface area (Å²) in [6.45, 7) is 6.26. The summed E-state index contributed by atoms with van der Waals surface area (Å²) in [6.07, 6.45) is 1.68. The minimum atomic E-state index is 0.341. The summed E-state index contributed by atoms with van der Waals surface area (Å²) in [5, 5.41) is 9.25. The second-order valence-electron chi connectivity index (χ2n) is 6.18. The van der Waals surface area contributed by atoms with E-state index in [1.807, 2.05) is 38.1 Å². The number of hydrogen-bond donors (Lipinski definition) is 0. The Morgan fingerprint density at radius 1 is 1.12 bits per heavy atom. The van der Waals surface area contributed by atoms with Gasteiger partial charge in [0.25, 0.3) is 0 Å². The van der Waals surface area contributed by atoms with Crippen molar-refractivity contribution in [2.24, 2.45) is 4.99 Å². The zero-order valence-corrected chi connectivity index (χ0v) is 15.1. The van der Waals surface area contributed by atoms with Crippen LogP contribution in [0, 0.1) is 32.1 Å². The van der Waals surface area contributed by atoms with E-state index in [1.165, 1.54) is 5.56 Å². The van der Waals surface area contributed by atoms with Crippen LogP contribution in [0.1, 0.15) is 33.6 Å². The Morgan fingerprint density at radius 3 is 2.62 bits per heavy atom. The average Bonchev–Trinajstić information content (AvgIpc) is 2.93. The van der Waals surface area contributed by atoms with Gasteiger partial charge in [-0.1, -0.05) is 42.0 Å². The van der Waals surface area contributed by atoms with E-state index in [0.29, 0.717) is 23.8 Å². The average molecular weight is 344 g/mol. The summed E-state index contributed by atoms with van der Waals surface area (Å²) in [7, 11) is 0. The van der Waals surface area contributed by atoms with Gasteiger partial charge in [-0.15, -0.1) is 0 Å². The van der Waals surface area contributed by atoms with E-state index in [1.54, 1.807) is 6.21 Å². The Labute approximate surface area is 153 Å². The molecule has 2 aromatic carbocycles. The zero-order chi connectivity index (χ0) is 18.5. The highest BCUT2D eigenvalue weighted by Crippen LogP contribution is 2.28. The Kier molecular flexibility index (Phi) is 5.19. The summed E-state index contributed by atoms with van der Waals surface area (Å²) in [6, 6.07) is 18.1. The molecule has 3 rings (SSSR count). The largest absolute Gasteiger partial charge is 0.489 e. The Morgan fingerprint density at radius 2 is 1.88 bits per heavy atom. The first-order chi connectivity index (χ1) is 12.6. The molecular formula is C22H20N2O2. The van der Waals surface area contributed by atoms with Crippen LogP contribution in [0.5, 0.6) is 5.75 Å². The van der Waals surface area contributed by atoms with Gasteiger partial charge in [0, 0.05) is 11.8 Å². The maximum Gasteiger partial charge on any atom is 0.237 e. The smallest absolute Gasteiger partial charge is 0.237 e. The Balaban J connectivity index is 1.72. The highest BCUT2D eigenvalue weighted by atomic mass is 16.5. The van der Waals surface area contributed by atoms with E-state index in [4.69, 9.17) is 9.15 Å². The molecule has 26 heavy (non-hydrogen) atoms. The normalized spacial score (nSPS) is 10.8. The maximum atomic E-state index is 9.25. The lowest BCUT2D eigenvalue weighted by Gasteiger charge is -2.07. The van der Waals surface area contributed by atoms with Crippen molar-refractivity contribution in [2.45, 2.75) is 27.4 Å². The predicted octanol–water partition coefficient (Wildman–Crippen LogP) is 5.41. The predicted molar refractivity (Wildman–Crippen MR) is 102 cm³/mol. The number of benzene rings is 2. The topological polar surface area (TPSA) is 58.5 Å².